The Balaban J connectivity index is 1.44. The number of carbonyl (C=O) groups is 2. The van der Waals surface area contributed by atoms with Crippen LogP contribution < -0.4 is 0 Å². The van der Waals surface area contributed by atoms with Crippen molar-refractivity contribution in [3.8, 4) is 5.75 Å². The van der Waals surface area contributed by atoms with Gasteiger partial charge in [-0.15, -0.1) is 0 Å². The molecule has 4 rings (SSSR count). The van der Waals surface area contributed by atoms with E-state index < -0.39 is 5.97 Å². The first-order valence-corrected chi connectivity index (χ1v) is 9.84. The third-order valence-corrected chi connectivity index (χ3v) is 6.15. The Morgan fingerprint density at radius 1 is 1.14 bits per heavy atom. The molecule has 0 aromatic heterocycles. The van der Waals surface area contributed by atoms with Crippen LogP contribution in [0.3, 0.4) is 0 Å². The fourth-order valence-corrected chi connectivity index (χ4v) is 5.43. The number of rotatable bonds is 3. The van der Waals surface area contributed by atoms with Crippen LogP contribution in [0.5, 0.6) is 5.75 Å². The van der Waals surface area contributed by atoms with Crippen LogP contribution in [0.1, 0.15) is 50.4 Å². The highest BCUT2D eigenvalue weighted by Gasteiger charge is 2.50. The molecule has 1 aliphatic heterocycles. The van der Waals surface area contributed by atoms with Gasteiger partial charge in [0.05, 0.1) is 0 Å². The lowest BCUT2D eigenvalue weighted by Gasteiger charge is -2.39. The molecular formula is C23H27NO4. The molecule has 2 aromatic rings. The molecule has 0 spiro atoms. The maximum Gasteiger partial charge on any atom is 0.342 e. The number of esters is 1. The summed E-state index contributed by atoms with van der Waals surface area (Å²) in [6, 6.07) is 10.8. The van der Waals surface area contributed by atoms with Crippen molar-refractivity contribution in [3.05, 3.63) is 42.0 Å². The molecule has 28 heavy (non-hydrogen) atoms. The Labute approximate surface area is 165 Å². The molecule has 2 bridgehead atoms. The summed E-state index contributed by atoms with van der Waals surface area (Å²) in [5, 5.41) is 11.8. The number of benzene rings is 2. The predicted molar refractivity (Wildman–Crippen MR) is 107 cm³/mol. The maximum atomic E-state index is 12.8. The maximum absolute atomic E-state index is 12.8. The average Bonchev–Trinajstić information content (AvgIpc) is 2.87. The first kappa shape index (κ1) is 18.8. The number of amides is 1. The summed E-state index contributed by atoms with van der Waals surface area (Å²) >= 11 is 0. The van der Waals surface area contributed by atoms with Crippen molar-refractivity contribution in [2.75, 3.05) is 13.2 Å². The van der Waals surface area contributed by atoms with Crippen LogP contribution in [0, 0.1) is 10.8 Å². The monoisotopic (exact) mass is 381 g/mol. The standard InChI is InChI=1S/C23H27NO4/c1-22(2)10-17-11-23(3,13-22)14-24(17)20(26)12-28-21(27)18-8-15-6-4-5-7-16(15)9-19(18)25/h4-9,17,25H,10-14H2,1-3H3/t17-,23+/m0/s1. The van der Waals surface area contributed by atoms with Gasteiger partial charge in [0.2, 0.25) is 0 Å². The number of ether oxygens (including phenoxy) is 1. The molecule has 1 amide bonds. The van der Waals surface area contributed by atoms with E-state index in [-0.39, 0.29) is 40.7 Å². The van der Waals surface area contributed by atoms with Gasteiger partial charge in [-0.25, -0.2) is 4.79 Å². The van der Waals surface area contributed by atoms with Gasteiger partial charge in [0, 0.05) is 12.6 Å². The van der Waals surface area contributed by atoms with E-state index in [4.69, 9.17) is 4.74 Å². The number of fused-ring (bicyclic) bond motifs is 3. The minimum Gasteiger partial charge on any atom is -0.507 e. The molecule has 2 aliphatic rings. The van der Waals surface area contributed by atoms with E-state index in [0.29, 0.717) is 0 Å². The predicted octanol–water partition coefficient (Wildman–Crippen LogP) is 4.13. The molecule has 1 saturated carbocycles. The van der Waals surface area contributed by atoms with E-state index >= 15 is 0 Å². The number of aromatic hydroxyl groups is 1. The van der Waals surface area contributed by atoms with Crippen molar-refractivity contribution in [1.82, 2.24) is 4.90 Å². The number of phenols is 1. The second kappa shape index (κ2) is 6.50. The van der Waals surface area contributed by atoms with Crippen molar-refractivity contribution >= 4 is 22.6 Å². The average molecular weight is 381 g/mol. The summed E-state index contributed by atoms with van der Waals surface area (Å²) in [6.07, 6.45) is 3.10. The zero-order chi connectivity index (χ0) is 20.1. The van der Waals surface area contributed by atoms with Gasteiger partial charge in [-0.1, -0.05) is 45.0 Å². The summed E-state index contributed by atoms with van der Waals surface area (Å²) in [5.74, 6) is -0.965. The summed E-state index contributed by atoms with van der Waals surface area (Å²) in [7, 11) is 0. The van der Waals surface area contributed by atoms with E-state index in [1.54, 1.807) is 12.1 Å². The minimum atomic E-state index is -0.676. The topological polar surface area (TPSA) is 66.8 Å². The number of nitrogens with zero attached hydrogens (tertiary/aromatic N) is 1. The molecule has 2 aromatic carbocycles. The van der Waals surface area contributed by atoms with Crippen molar-refractivity contribution in [3.63, 3.8) is 0 Å². The third-order valence-electron chi connectivity index (χ3n) is 6.15. The summed E-state index contributed by atoms with van der Waals surface area (Å²) in [4.78, 5) is 27.1. The molecule has 0 unspecified atom stereocenters. The highest BCUT2D eigenvalue weighted by Crippen LogP contribution is 2.52. The molecule has 1 saturated heterocycles. The van der Waals surface area contributed by atoms with Crippen molar-refractivity contribution in [2.24, 2.45) is 10.8 Å². The van der Waals surface area contributed by atoms with E-state index in [1.165, 1.54) is 0 Å². The van der Waals surface area contributed by atoms with E-state index in [9.17, 15) is 14.7 Å². The SMILES string of the molecule is CC1(C)C[C@H]2C[C@@](C)(CN2C(=O)COC(=O)c2cc3ccccc3cc2O)C1. The zero-order valence-electron chi connectivity index (χ0n) is 16.7. The summed E-state index contributed by atoms with van der Waals surface area (Å²) in [6.45, 7) is 7.19. The van der Waals surface area contributed by atoms with Crippen molar-refractivity contribution in [2.45, 2.75) is 46.1 Å². The van der Waals surface area contributed by atoms with E-state index in [2.05, 4.69) is 20.8 Å². The molecular weight excluding hydrogens is 354 g/mol. The molecule has 1 heterocycles. The normalized spacial score (nSPS) is 25.7. The highest BCUT2D eigenvalue weighted by molar-refractivity contribution is 5.99. The fourth-order valence-electron chi connectivity index (χ4n) is 5.43. The number of carbonyl (C=O) groups excluding carboxylic acids is 2. The van der Waals surface area contributed by atoms with Gasteiger partial charge >= 0.3 is 5.97 Å². The number of likely N-dealkylation sites (tertiary alicyclic amines) is 1. The Morgan fingerprint density at radius 3 is 2.54 bits per heavy atom. The zero-order valence-corrected chi connectivity index (χ0v) is 16.7. The van der Waals surface area contributed by atoms with Gasteiger partial charge in [0.15, 0.2) is 6.61 Å². The molecule has 1 aliphatic carbocycles. The van der Waals surface area contributed by atoms with Crippen molar-refractivity contribution in [1.29, 1.82) is 0 Å². The number of phenolic OH excluding ortho intramolecular Hbond substituents is 1. The first-order valence-electron chi connectivity index (χ1n) is 9.84. The van der Waals surface area contributed by atoms with Crippen LogP contribution in [-0.2, 0) is 9.53 Å². The largest absolute Gasteiger partial charge is 0.507 e. The van der Waals surface area contributed by atoms with Crippen LogP contribution in [-0.4, -0.2) is 41.1 Å². The van der Waals surface area contributed by atoms with Gasteiger partial charge in [-0.2, -0.15) is 0 Å². The Hall–Kier alpha value is -2.56. The van der Waals surface area contributed by atoms with Crippen LogP contribution in [0.25, 0.3) is 10.8 Å². The minimum absolute atomic E-state index is 0.0831. The second-order valence-electron chi connectivity index (χ2n) is 9.53. The van der Waals surface area contributed by atoms with Crippen LogP contribution in [0.2, 0.25) is 0 Å². The van der Waals surface area contributed by atoms with Gasteiger partial charge in [0.25, 0.3) is 5.91 Å². The molecule has 2 fully saturated rings. The lowest BCUT2D eigenvalue weighted by molar-refractivity contribution is -0.135. The molecule has 5 heteroatoms. The third kappa shape index (κ3) is 3.46. The molecule has 1 N–H and O–H groups in total. The van der Waals surface area contributed by atoms with Gasteiger partial charge in [0.1, 0.15) is 11.3 Å². The van der Waals surface area contributed by atoms with Crippen LogP contribution in [0.4, 0.5) is 0 Å². The summed E-state index contributed by atoms with van der Waals surface area (Å²) < 4.78 is 5.28. The van der Waals surface area contributed by atoms with E-state index in [0.717, 1.165) is 36.6 Å². The quantitative estimate of drug-likeness (QED) is 0.812. The molecule has 2 atom stereocenters. The molecule has 5 nitrogen and oxygen atoms in total. The Bertz CT molecular complexity index is 951. The molecule has 148 valence electrons. The number of hydrogen-bond acceptors (Lipinski definition) is 4. The smallest absolute Gasteiger partial charge is 0.342 e. The Kier molecular flexibility index (Phi) is 4.36. The van der Waals surface area contributed by atoms with Crippen LogP contribution in [0.15, 0.2) is 36.4 Å². The highest BCUT2D eigenvalue weighted by atomic mass is 16.5. The van der Waals surface area contributed by atoms with Gasteiger partial charge in [-0.05, 0) is 53.0 Å². The Morgan fingerprint density at radius 2 is 1.82 bits per heavy atom. The van der Waals surface area contributed by atoms with Crippen LogP contribution >= 0.6 is 0 Å². The lowest BCUT2D eigenvalue weighted by Crippen LogP contribution is -2.39. The van der Waals surface area contributed by atoms with Gasteiger partial charge in [-0.3, -0.25) is 4.79 Å². The van der Waals surface area contributed by atoms with Gasteiger partial charge < -0.3 is 14.7 Å². The summed E-state index contributed by atoms with van der Waals surface area (Å²) in [5.41, 5.74) is 0.447. The number of hydrogen-bond donors (Lipinski definition) is 1. The van der Waals surface area contributed by atoms with E-state index in [1.807, 2.05) is 29.2 Å². The second-order valence-corrected chi connectivity index (χ2v) is 9.53. The fraction of sp³-hybridized carbons (Fsp3) is 0.478. The van der Waals surface area contributed by atoms with Crippen molar-refractivity contribution < 1.29 is 19.4 Å². The first-order chi connectivity index (χ1) is 13.2. The molecule has 0 radical (unpaired) electrons. The lowest BCUT2D eigenvalue weighted by atomic mass is 9.65.